The number of hydrogen-bond acceptors (Lipinski definition) is 3. The van der Waals surface area contributed by atoms with Crippen LogP contribution < -0.4 is 0 Å². The number of hydrogen-bond donors (Lipinski definition) is 1. The molecule has 0 saturated heterocycles. The summed E-state index contributed by atoms with van der Waals surface area (Å²) in [5.74, 6) is 0. The Hall–Kier alpha value is -0.640. The molecular formula is C10H15ClN2O. The Morgan fingerprint density at radius 2 is 2.36 bits per heavy atom. The topological polar surface area (TPSA) is 36.4 Å². The summed E-state index contributed by atoms with van der Waals surface area (Å²) in [5.41, 5.74) is 1.05. The minimum absolute atomic E-state index is 0.177. The summed E-state index contributed by atoms with van der Waals surface area (Å²) >= 11 is 5.97. The van der Waals surface area contributed by atoms with Crippen molar-refractivity contribution in [1.82, 2.24) is 9.88 Å². The quantitative estimate of drug-likeness (QED) is 0.808. The molecule has 0 amide bonds. The summed E-state index contributed by atoms with van der Waals surface area (Å²) < 4.78 is 0. The van der Waals surface area contributed by atoms with Crippen LogP contribution in [0.3, 0.4) is 0 Å². The van der Waals surface area contributed by atoms with Crippen LogP contribution in [0.15, 0.2) is 18.5 Å². The fourth-order valence-corrected chi connectivity index (χ4v) is 1.44. The number of halogens is 1. The maximum atomic E-state index is 8.83. The molecule has 1 aromatic rings. The summed E-state index contributed by atoms with van der Waals surface area (Å²) in [6, 6.07) is 1.91. The van der Waals surface area contributed by atoms with Gasteiger partial charge >= 0.3 is 0 Å². The lowest BCUT2D eigenvalue weighted by molar-refractivity contribution is 0.197. The number of pyridine rings is 1. The number of aromatic nitrogens is 1. The van der Waals surface area contributed by atoms with Crippen LogP contribution in [0.25, 0.3) is 0 Å². The zero-order valence-corrected chi connectivity index (χ0v) is 9.04. The molecule has 1 rings (SSSR count). The molecule has 78 valence electrons. The molecule has 1 heterocycles. The first-order valence-corrected chi connectivity index (χ1v) is 5.07. The van der Waals surface area contributed by atoms with E-state index in [2.05, 4.69) is 16.8 Å². The first kappa shape index (κ1) is 11.4. The Balaban J connectivity index is 2.62. The van der Waals surface area contributed by atoms with Crippen molar-refractivity contribution >= 4 is 11.6 Å². The largest absolute Gasteiger partial charge is 0.395 e. The highest BCUT2D eigenvalue weighted by Gasteiger charge is 2.05. The van der Waals surface area contributed by atoms with Crippen LogP contribution >= 0.6 is 11.6 Å². The molecule has 4 heteroatoms. The van der Waals surface area contributed by atoms with Crippen molar-refractivity contribution in [1.29, 1.82) is 0 Å². The lowest BCUT2D eigenvalue weighted by Gasteiger charge is -2.19. The maximum absolute atomic E-state index is 8.83. The molecule has 0 radical (unpaired) electrons. The average Bonchev–Trinajstić information content (AvgIpc) is 2.20. The molecule has 14 heavy (non-hydrogen) atoms. The highest BCUT2D eigenvalue weighted by Crippen LogP contribution is 2.15. The first-order valence-electron chi connectivity index (χ1n) is 4.69. The lowest BCUT2D eigenvalue weighted by atomic mass is 10.2. The van der Waals surface area contributed by atoms with Gasteiger partial charge in [-0.25, -0.2) is 0 Å². The average molecular weight is 215 g/mol. The van der Waals surface area contributed by atoms with E-state index in [1.807, 2.05) is 6.07 Å². The zero-order chi connectivity index (χ0) is 10.4. The predicted molar refractivity (Wildman–Crippen MR) is 57.3 cm³/mol. The van der Waals surface area contributed by atoms with E-state index in [0.29, 0.717) is 11.6 Å². The molecule has 0 aliphatic carbocycles. The van der Waals surface area contributed by atoms with Gasteiger partial charge in [0.25, 0.3) is 0 Å². The Morgan fingerprint density at radius 3 is 2.93 bits per heavy atom. The molecular weight excluding hydrogens is 200 g/mol. The van der Waals surface area contributed by atoms with Crippen LogP contribution in [-0.2, 0) is 6.54 Å². The molecule has 0 saturated carbocycles. The highest BCUT2D eigenvalue weighted by atomic mass is 35.5. The number of aliphatic hydroxyl groups excluding tert-OH is 1. The van der Waals surface area contributed by atoms with Crippen molar-refractivity contribution < 1.29 is 5.11 Å². The van der Waals surface area contributed by atoms with Crippen molar-refractivity contribution in [2.45, 2.75) is 13.5 Å². The Morgan fingerprint density at radius 1 is 1.57 bits per heavy atom. The third-order valence-electron chi connectivity index (χ3n) is 2.11. The number of likely N-dealkylation sites (N-methyl/N-ethyl adjacent to an activating group) is 1. The van der Waals surface area contributed by atoms with Crippen LogP contribution in [0.4, 0.5) is 0 Å². The molecule has 0 aliphatic heterocycles. The van der Waals surface area contributed by atoms with Crippen LogP contribution in [0, 0.1) is 0 Å². The van der Waals surface area contributed by atoms with E-state index in [-0.39, 0.29) is 6.61 Å². The van der Waals surface area contributed by atoms with Gasteiger partial charge in [-0.1, -0.05) is 18.5 Å². The Labute approximate surface area is 89.3 Å². The van der Waals surface area contributed by atoms with E-state index in [0.717, 1.165) is 18.7 Å². The van der Waals surface area contributed by atoms with Crippen molar-refractivity contribution in [2.24, 2.45) is 0 Å². The molecule has 0 fully saturated rings. The van der Waals surface area contributed by atoms with Gasteiger partial charge in [0.15, 0.2) is 0 Å². The van der Waals surface area contributed by atoms with Gasteiger partial charge in [-0.15, -0.1) is 0 Å². The molecule has 3 nitrogen and oxygen atoms in total. The van der Waals surface area contributed by atoms with Crippen molar-refractivity contribution in [2.75, 3.05) is 19.7 Å². The molecule has 0 spiro atoms. The number of aliphatic hydroxyl groups is 1. The monoisotopic (exact) mass is 214 g/mol. The van der Waals surface area contributed by atoms with Gasteiger partial charge in [-0.3, -0.25) is 9.88 Å². The predicted octanol–water partition coefficient (Wildman–Crippen LogP) is 1.55. The number of rotatable bonds is 5. The van der Waals surface area contributed by atoms with Gasteiger partial charge in [0.05, 0.1) is 11.6 Å². The van der Waals surface area contributed by atoms with E-state index in [9.17, 15) is 0 Å². The van der Waals surface area contributed by atoms with Gasteiger partial charge in [-0.05, 0) is 18.2 Å². The van der Waals surface area contributed by atoms with Gasteiger partial charge in [0.2, 0.25) is 0 Å². The van der Waals surface area contributed by atoms with Crippen molar-refractivity contribution in [3.05, 3.63) is 29.0 Å². The number of nitrogens with zero attached hydrogens (tertiary/aromatic N) is 2. The molecule has 0 aliphatic rings. The van der Waals surface area contributed by atoms with Crippen LogP contribution in [0.5, 0.6) is 0 Å². The Bertz CT molecular complexity index is 281. The van der Waals surface area contributed by atoms with E-state index in [1.165, 1.54) is 0 Å². The zero-order valence-electron chi connectivity index (χ0n) is 8.28. The second-order valence-electron chi connectivity index (χ2n) is 3.06. The van der Waals surface area contributed by atoms with Crippen LogP contribution in [0.2, 0.25) is 5.02 Å². The molecule has 0 bridgehead atoms. The summed E-state index contributed by atoms with van der Waals surface area (Å²) in [7, 11) is 0. The summed E-state index contributed by atoms with van der Waals surface area (Å²) in [6.45, 7) is 4.58. The normalized spacial score (nSPS) is 10.9. The van der Waals surface area contributed by atoms with Crippen molar-refractivity contribution in [3.8, 4) is 0 Å². The van der Waals surface area contributed by atoms with Gasteiger partial charge in [0.1, 0.15) is 0 Å². The SMILES string of the molecule is CCN(CCO)Cc1ccncc1Cl. The maximum Gasteiger partial charge on any atom is 0.0634 e. The van der Waals surface area contributed by atoms with Gasteiger partial charge in [0, 0.05) is 25.5 Å². The summed E-state index contributed by atoms with van der Waals surface area (Å²) in [4.78, 5) is 6.05. The highest BCUT2D eigenvalue weighted by molar-refractivity contribution is 6.31. The van der Waals surface area contributed by atoms with Crippen LogP contribution in [-0.4, -0.2) is 34.7 Å². The second-order valence-corrected chi connectivity index (χ2v) is 3.47. The Kier molecular flexibility index (Phi) is 4.87. The third-order valence-corrected chi connectivity index (χ3v) is 2.45. The first-order chi connectivity index (χ1) is 6.77. The smallest absolute Gasteiger partial charge is 0.0634 e. The fraction of sp³-hybridized carbons (Fsp3) is 0.500. The molecule has 1 N–H and O–H groups in total. The van der Waals surface area contributed by atoms with E-state index >= 15 is 0 Å². The van der Waals surface area contributed by atoms with Gasteiger partial charge in [-0.2, -0.15) is 0 Å². The standard InChI is InChI=1S/C10H15ClN2O/c1-2-13(5-6-14)8-9-3-4-12-7-10(9)11/h3-4,7,14H,2,5-6,8H2,1H3. The fourth-order valence-electron chi connectivity index (χ4n) is 1.26. The van der Waals surface area contributed by atoms with E-state index in [1.54, 1.807) is 12.4 Å². The minimum Gasteiger partial charge on any atom is -0.395 e. The molecule has 0 unspecified atom stereocenters. The van der Waals surface area contributed by atoms with Crippen molar-refractivity contribution in [3.63, 3.8) is 0 Å². The third kappa shape index (κ3) is 3.25. The van der Waals surface area contributed by atoms with E-state index < -0.39 is 0 Å². The summed E-state index contributed by atoms with van der Waals surface area (Å²) in [6.07, 6.45) is 3.37. The second kappa shape index (κ2) is 5.96. The molecule has 0 aromatic carbocycles. The van der Waals surface area contributed by atoms with Gasteiger partial charge < -0.3 is 5.11 Å². The van der Waals surface area contributed by atoms with E-state index in [4.69, 9.17) is 16.7 Å². The lowest BCUT2D eigenvalue weighted by Crippen LogP contribution is -2.26. The molecule has 0 atom stereocenters. The van der Waals surface area contributed by atoms with Crippen LogP contribution in [0.1, 0.15) is 12.5 Å². The molecule has 1 aromatic heterocycles. The summed E-state index contributed by atoms with van der Waals surface area (Å²) in [5, 5.41) is 9.51. The minimum atomic E-state index is 0.177.